The minimum absolute atomic E-state index is 0.0212. The molecule has 1 aliphatic heterocycles. The Balaban J connectivity index is 2.43. The molecule has 4 N–H and O–H groups in total. The van der Waals surface area contributed by atoms with E-state index in [-0.39, 0.29) is 29.7 Å². The van der Waals surface area contributed by atoms with Crippen LogP contribution in [0.5, 0.6) is 0 Å². The van der Waals surface area contributed by atoms with Gasteiger partial charge in [-0.05, 0) is 12.8 Å². The van der Waals surface area contributed by atoms with Crippen molar-refractivity contribution in [1.29, 1.82) is 0 Å². The predicted octanol–water partition coefficient (Wildman–Crippen LogP) is -0.778. The molecule has 0 aromatic rings. The lowest BCUT2D eigenvalue weighted by atomic mass is 9.91. The van der Waals surface area contributed by atoms with Crippen molar-refractivity contribution in [1.82, 2.24) is 10.6 Å². The van der Waals surface area contributed by atoms with Gasteiger partial charge in [0.2, 0.25) is 11.8 Å². The van der Waals surface area contributed by atoms with Crippen LogP contribution >= 0.6 is 0 Å². The first kappa shape index (κ1) is 12.0. The van der Waals surface area contributed by atoms with E-state index in [2.05, 4.69) is 10.6 Å². The standard InChI is InChI=1S/C10H19N3O2/c1-6(9(14)12-2)8(11)5-7-3-4-13-10(7)15/h6-8H,3-5,11H2,1-2H3,(H,12,14)(H,13,15)/t6?,7-,8-/m0/s1. The summed E-state index contributed by atoms with van der Waals surface area (Å²) in [7, 11) is 1.59. The third kappa shape index (κ3) is 2.92. The Bertz CT molecular complexity index is 255. The number of rotatable bonds is 4. The van der Waals surface area contributed by atoms with Crippen LogP contribution in [0.2, 0.25) is 0 Å². The molecule has 5 heteroatoms. The van der Waals surface area contributed by atoms with E-state index in [1.807, 2.05) is 0 Å². The van der Waals surface area contributed by atoms with Crippen LogP contribution in [-0.2, 0) is 9.59 Å². The van der Waals surface area contributed by atoms with Crippen molar-refractivity contribution in [2.24, 2.45) is 17.6 Å². The van der Waals surface area contributed by atoms with Gasteiger partial charge in [0.15, 0.2) is 0 Å². The van der Waals surface area contributed by atoms with Crippen LogP contribution < -0.4 is 16.4 Å². The van der Waals surface area contributed by atoms with Crippen LogP contribution in [0.3, 0.4) is 0 Å². The van der Waals surface area contributed by atoms with Gasteiger partial charge in [-0.1, -0.05) is 6.92 Å². The largest absolute Gasteiger partial charge is 0.359 e. The molecule has 1 unspecified atom stereocenters. The van der Waals surface area contributed by atoms with Crippen LogP contribution in [0.15, 0.2) is 0 Å². The molecule has 0 spiro atoms. The summed E-state index contributed by atoms with van der Waals surface area (Å²) in [6, 6.07) is -0.251. The van der Waals surface area contributed by atoms with Crippen LogP contribution in [0, 0.1) is 11.8 Å². The van der Waals surface area contributed by atoms with E-state index in [0.29, 0.717) is 6.42 Å². The fourth-order valence-electron chi connectivity index (χ4n) is 1.82. The van der Waals surface area contributed by atoms with Gasteiger partial charge < -0.3 is 16.4 Å². The van der Waals surface area contributed by atoms with Gasteiger partial charge >= 0.3 is 0 Å². The molecule has 0 saturated carbocycles. The second-order valence-electron chi connectivity index (χ2n) is 4.08. The van der Waals surface area contributed by atoms with E-state index >= 15 is 0 Å². The Kier molecular flexibility index (Phi) is 4.08. The normalized spacial score (nSPS) is 24.5. The summed E-state index contributed by atoms with van der Waals surface area (Å²) >= 11 is 0. The smallest absolute Gasteiger partial charge is 0.224 e. The Morgan fingerprint density at radius 1 is 1.73 bits per heavy atom. The first-order chi connectivity index (χ1) is 7.06. The Hall–Kier alpha value is -1.10. The monoisotopic (exact) mass is 213 g/mol. The number of hydrogen-bond donors (Lipinski definition) is 3. The molecule has 0 aromatic heterocycles. The third-order valence-corrected chi connectivity index (χ3v) is 3.02. The number of nitrogens with two attached hydrogens (primary N) is 1. The molecular weight excluding hydrogens is 194 g/mol. The van der Waals surface area contributed by atoms with E-state index in [4.69, 9.17) is 5.73 Å². The molecule has 15 heavy (non-hydrogen) atoms. The number of nitrogens with one attached hydrogen (secondary N) is 2. The van der Waals surface area contributed by atoms with Gasteiger partial charge in [-0.3, -0.25) is 9.59 Å². The maximum absolute atomic E-state index is 11.3. The van der Waals surface area contributed by atoms with Crippen molar-refractivity contribution in [3.8, 4) is 0 Å². The zero-order chi connectivity index (χ0) is 11.4. The predicted molar refractivity (Wildman–Crippen MR) is 56.9 cm³/mol. The molecule has 86 valence electrons. The molecule has 0 radical (unpaired) electrons. The SMILES string of the molecule is CNC(=O)C(C)[C@@H](N)C[C@@H]1CCNC1=O. The fourth-order valence-corrected chi connectivity index (χ4v) is 1.82. The molecule has 1 fully saturated rings. The van der Waals surface area contributed by atoms with Crippen molar-refractivity contribution in [2.45, 2.75) is 25.8 Å². The van der Waals surface area contributed by atoms with E-state index in [9.17, 15) is 9.59 Å². The molecule has 1 saturated heterocycles. The van der Waals surface area contributed by atoms with Gasteiger partial charge in [0.25, 0.3) is 0 Å². The molecule has 2 amide bonds. The van der Waals surface area contributed by atoms with E-state index in [1.54, 1.807) is 14.0 Å². The molecule has 0 aromatic carbocycles. The van der Waals surface area contributed by atoms with Gasteiger partial charge in [0.1, 0.15) is 0 Å². The molecular formula is C10H19N3O2. The van der Waals surface area contributed by atoms with E-state index < -0.39 is 0 Å². The lowest BCUT2D eigenvalue weighted by molar-refractivity contribution is -0.126. The van der Waals surface area contributed by atoms with Crippen LogP contribution in [-0.4, -0.2) is 31.4 Å². The molecule has 3 atom stereocenters. The molecule has 1 aliphatic rings. The maximum Gasteiger partial charge on any atom is 0.224 e. The minimum Gasteiger partial charge on any atom is -0.359 e. The van der Waals surface area contributed by atoms with E-state index in [1.165, 1.54) is 0 Å². The first-order valence-corrected chi connectivity index (χ1v) is 5.31. The van der Waals surface area contributed by atoms with Crippen LogP contribution in [0.25, 0.3) is 0 Å². The number of carbonyl (C=O) groups excluding carboxylic acids is 2. The highest BCUT2D eigenvalue weighted by Crippen LogP contribution is 2.18. The zero-order valence-electron chi connectivity index (χ0n) is 9.25. The van der Waals surface area contributed by atoms with Gasteiger partial charge in [-0.2, -0.15) is 0 Å². The average Bonchev–Trinajstić information content (AvgIpc) is 2.62. The Labute approximate surface area is 89.8 Å². The quantitative estimate of drug-likeness (QED) is 0.573. The van der Waals surface area contributed by atoms with Gasteiger partial charge in [-0.15, -0.1) is 0 Å². The zero-order valence-corrected chi connectivity index (χ0v) is 9.25. The summed E-state index contributed by atoms with van der Waals surface area (Å²) < 4.78 is 0. The second-order valence-corrected chi connectivity index (χ2v) is 4.08. The van der Waals surface area contributed by atoms with Crippen LogP contribution in [0.1, 0.15) is 19.8 Å². The van der Waals surface area contributed by atoms with Gasteiger partial charge in [-0.25, -0.2) is 0 Å². The fraction of sp³-hybridized carbons (Fsp3) is 0.800. The first-order valence-electron chi connectivity index (χ1n) is 5.31. The summed E-state index contributed by atoms with van der Waals surface area (Å²) in [6.07, 6.45) is 1.41. The van der Waals surface area contributed by atoms with Gasteiger partial charge in [0, 0.05) is 25.6 Å². The highest BCUT2D eigenvalue weighted by molar-refractivity contribution is 5.81. The Morgan fingerprint density at radius 2 is 2.40 bits per heavy atom. The second kappa shape index (κ2) is 5.11. The molecule has 5 nitrogen and oxygen atoms in total. The summed E-state index contributed by atoms with van der Waals surface area (Å²) in [5.74, 6) is -0.272. The average molecular weight is 213 g/mol. The Morgan fingerprint density at radius 3 is 2.87 bits per heavy atom. The molecule has 1 rings (SSSR count). The van der Waals surface area contributed by atoms with Gasteiger partial charge in [0.05, 0.1) is 5.92 Å². The molecule has 1 heterocycles. The van der Waals surface area contributed by atoms with Crippen molar-refractivity contribution >= 4 is 11.8 Å². The van der Waals surface area contributed by atoms with Crippen molar-refractivity contribution in [3.05, 3.63) is 0 Å². The topological polar surface area (TPSA) is 84.2 Å². The lowest BCUT2D eigenvalue weighted by Crippen LogP contribution is -2.40. The van der Waals surface area contributed by atoms with Crippen molar-refractivity contribution in [2.75, 3.05) is 13.6 Å². The summed E-state index contributed by atoms with van der Waals surface area (Å²) in [5, 5.41) is 5.32. The minimum atomic E-state index is -0.251. The lowest BCUT2D eigenvalue weighted by Gasteiger charge is -2.20. The molecule has 0 bridgehead atoms. The third-order valence-electron chi connectivity index (χ3n) is 3.02. The number of hydrogen-bond acceptors (Lipinski definition) is 3. The highest BCUT2D eigenvalue weighted by Gasteiger charge is 2.29. The number of carbonyl (C=O) groups is 2. The maximum atomic E-state index is 11.3. The summed E-state index contributed by atoms with van der Waals surface area (Å²) in [4.78, 5) is 22.6. The number of amides is 2. The molecule has 0 aliphatic carbocycles. The summed E-state index contributed by atoms with van der Waals surface area (Å²) in [5.41, 5.74) is 5.89. The van der Waals surface area contributed by atoms with E-state index in [0.717, 1.165) is 13.0 Å². The highest BCUT2D eigenvalue weighted by atomic mass is 16.2. The van der Waals surface area contributed by atoms with Crippen molar-refractivity contribution < 1.29 is 9.59 Å². The summed E-state index contributed by atoms with van der Waals surface area (Å²) in [6.45, 7) is 2.51. The van der Waals surface area contributed by atoms with Crippen molar-refractivity contribution in [3.63, 3.8) is 0 Å². The van der Waals surface area contributed by atoms with Crippen LogP contribution in [0.4, 0.5) is 0 Å².